The first-order valence-corrected chi connectivity index (χ1v) is 8.12. The molecule has 0 aliphatic carbocycles. The number of anilines is 2. The molecule has 4 rings (SSSR count). The maximum Gasteiger partial charge on any atom is 0.376 e. The molecule has 0 unspecified atom stereocenters. The minimum atomic E-state index is -0.617. The monoisotopic (exact) mass is 364 g/mol. The third kappa shape index (κ3) is 2.77. The van der Waals surface area contributed by atoms with Gasteiger partial charge in [-0.05, 0) is 36.5 Å². The molecule has 2 aromatic carbocycles. The lowest BCUT2D eigenvalue weighted by molar-refractivity contribution is -0.140. The Labute approximate surface area is 154 Å². The summed E-state index contributed by atoms with van der Waals surface area (Å²) in [6, 6.07) is 18.1. The van der Waals surface area contributed by atoms with E-state index in [1.807, 2.05) is 24.3 Å². The van der Waals surface area contributed by atoms with Crippen molar-refractivity contribution in [2.75, 3.05) is 9.91 Å². The smallest absolute Gasteiger partial charge is 0.345 e. The summed E-state index contributed by atoms with van der Waals surface area (Å²) in [6.45, 7) is 0. The Morgan fingerprint density at radius 1 is 0.962 bits per heavy atom. The third-order valence-corrected chi connectivity index (χ3v) is 4.09. The van der Waals surface area contributed by atoms with Gasteiger partial charge in [-0.1, -0.05) is 42.0 Å². The molecule has 2 aliphatic heterocycles. The van der Waals surface area contributed by atoms with E-state index in [0.29, 0.717) is 11.4 Å². The summed E-state index contributed by atoms with van der Waals surface area (Å²) in [5.41, 5.74) is 4.02. The summed E-state index contributed by atoms with van der Waals surface area (Å²) in [4.78, 5) is 35.1. The molecule has 2 heterocycles. The predicted molar refractivity (Wildman–Crippen MR) is 100 cm³/mol. The molecule has 0 saturated carbocycles. The fourth-order valence-corrected chi connectivity index (χ4v) is 2.89. The maximum atomic E-state index is 12.7. The molecule has 0 radical (unpaired) electrons. The van der Waals surface area contributed by atoms with Gasteiger partial charge < -0.3 is 4.84 Å². The molecular weight excluding hydrogens is 352 g/mol. The van der Waals surface area contributed by atoms with Gasteiger partial charge in [0.05, 0.1) is 11.4 Å². The molecule has 7 nitrogen and oxygen atoms in total. The first-order valence-electron chi connectivity index (χ1n) is 7.71. The Bertz CT molecular complexity index is 957. The van der Waals surface area contributed by atoms with Crippen molar-refractivity contribution in [2.45, 2.75) is 0 Å². The lowest BCUT2D eigenvalue weighted by Crippen LogP contribution is -2.33. The molecule has 1 fully saturated rings. The Kier molecular flexibility index (Phi) is 4.04. The average molecular weight is 364 g/mol. The molecule has 0 bridgehead atoms. The molecule has 2 aromatic rings. The van der Waals surface area contributed by atoms with Crippen molar-refractivity contribution in [2.24, 2.45) is 4.99 Å². The molecule has 0 aromatic heterocycles. The van der Waals surface area contributed by atoms with Crippen LogP contribution in [0.4, 0.5) is 11.4 Å². The van der Waals surface area contributed by atoms with E-state index in [0.717, 1.165) is 0 Å². The van der Waals surface area contributed by atoms with E-state index < -0.39 is 11.9 Å². The van der Waals surface area contributed by atoms with E-state index in [1.165, 1.54) is 16.0 Å². The Balaban J connectivity index is 1.67. The van der Waals surface area contributed by atoms with Crippen LogP contribution in [0.1, 0.15) is 0 Å². The van der Waals surface area contributed by atoms with E-state index in [2.05, 4.69) is 10.6 Å². The van der Waals surface area contributed by atoms with Crippen molar-refractivity contribution in [3.05, 3.63) is 72.4 Å². The molecule has 128 valence electrons. The molecule has 1 N–H and O–H groups in total. The van der Waals surface area contributed by atoms with Gasteiger partial charge >= 0.3 is 5.97 Å². The van der Waals surface area contributed by atoms with Gasteiger partial charge in [-0.2, -0.15) is 0 Å². The van der Waals surface area contributed by atoms with Crippen LogP contribution in [-0.2, 0) is 14.4 Å². The highest BCUT2D eigenvalue weighted by molar-refractivity contribution is 7.80. The second kappa shape index (κ2) is 6.51. The number of hydrogen-bond donors (Lipinski definition) is 1. The molecular formula is C18H12N4O3S. The summed E-state index contributed by atoms with van der Waals surface area (Å²) < 4.78 is 0. The van der Waals surface area contributed by atoms with E-state index in [-0.39, 0.29) is 16.5 Å². The number of rotatable bonds is 3. The number of para-hydroxylation sites is 2. The van der Waals surface area contributed by atoms with Crippen LogP contribution >= 0.6 is 12.2 Å². The van der Waals surface area contributed by atoms with E-state index >= 15 is 0 Å². The van der Waals surface area contributed by atoms with Gasteiger partial charge in [0.15, 0.2) is 5.70 Å². The number of aliphatic imine (C=N–C) groups is 1. The first kappa shape index (κ1) is 16.1. The van der Waals surface area contributed by atoms with Gasteiger partial charge in [0, 0.05) is 6.08 Å². The minimum Gasteiger partial charge on any atom is -0.345 e. The van der Waals surface area contributed by atoms with Crippen LogP contribution in [-0.4, -0.2) is 22.7 Å². The second-order valence-corrected chi connectivity index (χ2v) is 5.80. The normalized spacial score (nSPS) is 18.5. The molecule has 2 aliphatic rings. The molecule has 0 spiro atoms. The summed E-state index contributed by atoms with van der Waals surface area (Å²) in [6.07, 6.45) is 1.37. The van der Waals surface area contributed by atoms with Crippen LogP contribution in [0.15, 0.2) is 77.4 Å². The molecule has 0 atom stereocenters. The highest BCUT2D eigenvalue weighted by Gasteiger charge is 2.35. The molecule has 1 amide bonds. The first-order chi connectivity index (χ1) is 12.6. The van der Waals surface area contributed by atoms with Crippen LogP contribution in [0.2, 0.25) is 0 Å². The zero-order valence-corrected chi connectivity index (χ0v) is 14.1. The zero-order valence-electron chi connectivity index (χ0n) is 13.3. The highest BCUT2D eigenvalue weighted by Crippen LogP contribution is 2.24. The quantitative estimate of drug-likeness (QED) is 0.664. The number of thiocarbonyl (C=S) groups is 1. The van der Waals surface area contributed by atoms with Gasteiger partial charge in [0.2, 0.25) is 5.11 Å². The summed E-state index contributed by atoms with van der Waals surface area (Å²) in [7, 11) is 0. The van der Waals surface area contributed by atoms with Crippen molar-refractivity contribution in [3.63, 3.8) is 0 Å². The molecule has 1 saturated heterocycles. The van der Waals surface area contributed by atoms with E-state index in [9.17, 15) is 9.59 Å². The van der Waals surface area contributed by atoms with E-state index in [4.69, 9.17) is 17.1 Å². The van der Waals surface area contributed by atoms with Crippen LogP contribution in [0.25, 0.3) is 0 Å². The SMILES string of the molecule is O=C1ONN(c2ccccc2)/C1=C/C1=NC(=S)N(c2ccccc2)C1=O. The standard InChI is InChI=1S/C18H12N4O3S/c23-16-14(19-18(26)21(16)12-7-3-1-4-8-12)11-15-17(24)25-20-22(15)13-9-5-2-6-10-13/h1-11,20H/b15-11+. The Morgan fingerprint density at radius 3 is 2.23 bits per heavy atom. The van der Waals surface area contributed by atoms with Crippen molar-refractivity contribution >= 4 is 46.3 Å². The van der Waals surface area contributed by atoms with Gasteiger partial charge in [0.1, 0.15) is 5.71 Å². The molecule has 26 heavy (non-hydrogen) atoms. The van der Waals surface area contributed by atoms with Crippen molar-refractivity contribution in [1.82, 2.24) is 5.59 Å². The van der Waals surface area contributed by atoms with Gasteiger partial charge in [-0.15, -0.1) is 0 Å². The third-order valence-electron chi connectivity index (χ3n) is 3.81. The van der Waals surface area contributed by atoms with Gasteiger partial charge in [-0.25, -0.2) is 19.7 Å². The number of benzene rings is 2. The predicted octanol–water partition coefficient (Wildman–Crippen LogP) is 2.13. The van der Waals surface area contributed by atoms with Crippen LogP contribution in [0.3, 0.4) is 0 Å². The number of amides is 1. The number of hydrogen-bond acceptors (Lipinski definition) is 6. The second-order valence-electron chi connectivity index (χ2n) is 5.44. The zero-order chi connectivity index (χ0) is 18.1. The average Bonchev–Trinajstić information content (AvgIpc) is 3.16. The topological polar surface area (TPSA) is 74.2 Å². The largest absolute Gasteiger partial charge is 0.376 e. The number of carbonyl (C=O) groups excluding carboxylic acids is 2. The number of nitrogens with zero attached hydrogens (tertiary/aromatic N) is 3. The number of hydrazine groups is 1. The van der Waals surface area contributed by atoms with E-state index in [1.54, 1.807) is 36.4 Å². The van der Waals surface area contributed by atoms with Gasteiger partial charge in [-0.3, -0.25) is 4.79 Å². The summed E-state index contributed by atoms with van der Waals surface area (Å²) in [5.74, 6) is -1.02. The van der Waals surface area contributed by atoms with Crippen LogP contribution < -0.4 is 15.5 Å². The van der Waals surface area contributed by atoms with Crippen LogP contribution in [0, 0.1) is 0 Å². The Morgan fingerprint density at radius 2 is 1.58 bits per heavy atom. The van der Waals surface area contributed by atoms with Crippen molar-refractivity contribution in [3.8, 4) is 0 Å². The summed E-state index contributed by atoms with van der Waals surface area (Å²) >= 11 is 5.21. The fourth-order valence-electron chi connectivity index (χ4n) is 2.60. The lowest BCUT2D eigenvalue weighted by Gasteiger charge is -2.15. The minimum absolute atomic E-state index is 0.0652. The Hall–Kier alpha value is -3.36. The number of carbonyl (C=O) groups is 2. The van der Waals surface area contributed by atoms with Crippen molar-refractivity contribution < 1.29 is 14.4 Å². The van der Waals surface area contributed by atoms with Crippen LogP contribution in [0.5, 0.6) is 0 Å². The lowest BCUT2D eigenvalue weighted by atomic mass is 10.2. The highest BCUT2D eigenvalue weighted by atomic mass is 32.1. The molecule has 8 heteroatoms. The maximum absolute atomic E-state index is 12.7. The summed E-state index contributed by atoms with van der Waals surface area (Å²) in [5, 5.41) is 1.56. The fraction of sp³-hybridized carbons (Fsp3) is 0. The number of nitrogens with one attached hydrogen (secondary N) is 1. The van der Waals surface area contributed by atoms with Crippen molar-refractivity contribution in [1.29, 1.82) is 0 Å². The van der Waals surface area contributed by atoms with Gasteiger partial charge in [0.25, 0.3) is 5.91 Å².